The minimum absolute atomic E-state index is 0.0794. The molecule has 0 fully saturated rings. The minimum Gasteiger partial charge on any atom is -0.497 e. The van der Waals surface area contributed by atoms with E-state index in [4.69, 9.17) is 9.72 Å². The lowest BCUT2D eigenvalue weighted by atomic mass is 9.89. The third-order valence-electron chi connectivity index (χ3n) is 6.11. The first-order valence-corrected chi connectivity index (χ1v) is 13.3. The molecular weight excluding hydrogens is 424 g/mol. The summed E-state index contributed by atoms with van der Waals surface area (Å²) in [4.78, 5) is 21.1. The smallest absolute Gasteiger partial charge is 0.267 e. The van der Waals surface area contributed by atoms with Gasteiger partial charge in [0.25, 0.3) is 5.56 Å². The van der Waals surface area contributed by atoms with E-state index < -0.39 is 0 Å². The standard InChI is InChI=1S/C25H32N2O2S2/c1-4-5-6-7-8-15-30-25-26-23-22(20-14-9-17(2)16-21(20)31-23)24(28)27(25)18-10-12-19(29-3)13-11-18/h10-13,17H,4-9,14-16H2,1-3H3. The first-order valence-electron chi connectivity index (χ1n) is 11.5. The Kier molecular flexibility index (Phi) is 7.39. The third kappa shape index (κ3) is 4.85. The minimum atomic E-state index is 0.0794. The molecule has 4 rings (SSSR count). The lowest BCUT2D eigenvalue weighted by molar-refractivity contribution is 0.414. The number of rotatable bonds is 9. The Hall–Kier alpha value is -1.79. The van der Waals surface area contributed by atoms with Crippen LogP contribution >= 0.6 is 23.1 Å². The molecule has 0 bridgehead atoms. The van der Waals surface area contributed by atoms with Gasteiger partial charge in [-0.15, -0.1) is 11.3 Å². The van der Waals surface area contributed by atoms with Gasteiger partial charge in [-0.25, -0.2) is 4.98 Å². The SMILES string of the molecule is CCCCCCCSc1nc2sc3c(c2c(=O)n1-c1ccc(OC)cc1)CCC(C)C3. The molecule has 0 spiro atoms. The summed E-state index contributed by atoms with van der Waals surface area (Å²) in [7, 11) is 1.66. The molecule has 166 valence electrons. The molecule has 0 N–H and O–H groups in total. The van der Waals surface area contributed by atoms with Crippen LogP contribution in [-0.2, 0) is 12.8 Å². The average Bonchev–Trinajstić information content (AvgIpc) is 3.14. The van der Waals surface area contributed by atoms with Gasteiger partial charge in [0.15, 0.2) is 5.16 Å². The summed E-state index contributed by atoms with van der Waals surface area (Å²) in [6.07, 6.45) is 9.42. The van der Waals surface area contributed by atoms with Gasteiger partial charge < -0.3 is 4.74 Å². The second-order valence-corrected chi connectivity index (χ2v) is 10.7. The number of methoxy groups -OCH3 is 1. The van der Waals surface area contributed by atoms with Crippen molar-refractivity contribution in [2.75, 3.05) is 12.9 Å². The van der Waals surface area contributed by atoms with E-state index in [2.05, 4.69) is 13.8 Å². The molecule has 2 aromatic heterocycles. The monoisotopic (exact) mass is 456 g/mol. The summed E-state index contributed by atoms with van der Waals surface area (Å²) in [5, 5.41) is 1.65. The van der Waals surface area contributed by atoms with Gasteiger partial charge in [-0.3, -0.25) is 9.36 Å². The predicted octanol–water partition coefficient (Wildman–Crippen LogP) is 6.64. The number of aryl methyl sites for hydroxylation is 1. The second-order valence-electron chi connectivity index (χ2n) is 8.53. The van der Waals surface area contributed by atoms with E-state index >= 15 is 0 Å². The topological polar surface area (TPSA) is 44.1 Å². The van der Waals surface area contributed by atoms with Crippen LogP contribution in [0, 0.1) is 5.92 Å². The maximum atomic E-state index is 13.8. The van der Waals surface area contributed by atoms with Crippen LogP contribution in [0.5, 0.6) is 5.75 Å². The van der Waals surface area contributed by atoms with Crippen LogP contribution in [0.1, 0.15) is 62.8 Å². The van der Waals surface area contributed by atoms with E-state index in [0.717, 1.165) is 58.2 Å². The number of fused-ring (bicyclic) bond motifs is 3. The van der Waals surface area contributed by atoms with Crippen LogP contribution in [0.3, 0.4) is 0 Å². The highest BCUT2D eigenvalue weighted by atomic mass is 32.2. The molecule has 31 heavy (non-hydrogen) atoms. The number of thiophene rings is 1. The van der Waals surface area contributed by atoms with Gasteiger partial charge in [0, 0.05) is 10.6 Å². The van der Waals surface area contributed by atoms with E-state index in [9.17, 15) is 4.79 Å². The van der Waals surface area contributed by atoms with Crippen LogP contribution in [0.15, 0.2) is 34.2 Å². The van der Waals surface area contributed by atoms with Gasteiger partial charge >= 0.3 is 0 Å². The molecule has 6 heteroatoms. The molecule has 1 aromatic carbocycles. The first-order chi connectivity index (χ1) is 15.1. The lowest BCUT2D eigenvalue weighted by Gasteiger charge is -2.18. The Balaban J connectivity index is 1.73. The molecule has 1 atom stereocenters. The largest absolute Gasteiger partial charge is 0.497 e. The second kappa shape index (κ2) is 10.2. The van der Waals surface area contributed by atoms with Gasteiger partial charge in [0.1, 0.15) is 10.6 Å². The van der Waals surface area contributed by atoms with Crippen LogP contribution in [0.2, 0.25) is 0 Å². The lowest BCUT2D eigenvalue weighted by Crippen LogP contribution is -2.22. The van der Waals surface area contributed by atoms with Crippen molar-refractivity contribution in [1.29, 1.82) is 0 Å². The first kappa shape index (κ1) is 22.4. The summed E-state index contributed by atoms with van der Waals surface area (Å²) in [6.45, 7) is 4.54. The van der Waals surface area contributed by atoms with Crippen molar-refractivity contribution >= 4 is 33.3 Å². The van der Waals surface area contributed by atoms with E-state index in [1.807, 2.05) is 28.8 Å². The number of hydrogen-bond acceptors (Lipinski definition) is 5. The summed E-state index contributed by atoms with van der Waals surface area (Å²) >= 11 is 3.45. The van der Waals surface area contributed by atoms with E-state index in [1.54, 1.807) is 30.2 Å². The zero-order valence-corrected chi connectivity index (χ0v) is 20.4. The Bertz CT molecular complexity index is 1090. The third-order valence-corrected chi connectivity index (χ3v) is 8.28. The van der Waals surface area contributed by atoms with E-state index in [0.29, 0.717) is 5.92 Å². The van der Waals surface area contributed by atoms with Crippen LogP contribution < -0.4 is 10.3 Å². The highest BCUT2D eigenvalue weighted by molar-refractivity contribution is 7.99. The van der Waals surface area contributed by atoms with Gasteiger partial charge in [-0.1, -0.05) is 51.3 Å². The van der Waals surface area contributed by atoms with Crippen LogP contribution in [-0.4, -0.2) is 22.4 Å². The maximum absolute atomic E-state index is 13.8. The van der Waals surface area contributed by atoms with Crippen LogP contribution in [0.4, 0.5) is 0 Å². The van der Waals surface area contributed by atoms with Gasteiger partial charge in [-0.2, -0.15) is 0 Å². The van der Waals surface area contributed by atoms with E-state index in [-0.39, 0.29) is 5.56 Å². The number of ether oxygens (including phenoxy) is 1. The molecule has 0 saturated heterocycles. The highest BCUT2D eigenvalue weighted by Gasteiger charge is 2.25. The normalized spacial score (nSPS) is 15.9. The molecule has 0 saturated carbocycles. The zero-order chi connectivity index (χ0) is 21.8. The number of nitrogens with zero attached hydrogens (tertiary/aromatic N) is 2. The van der Waals surface area contributed by atoms with Gasteiger partial charge in [-0.05, 0) is 61.4 Å². The maximum Gasteiger partial charge on any atom is 0.267 e. The Morgan fingerprint density at radius 1 is 1.19 bits per heavy atom. The van der Waals surface area contributed by atoms with Crippen molar-refractivity contribution < 1.29 is 4.74 Å². The van der Waals surface area contributed by atoms with Crippen molar-refractivity contribution in [3.05, 3.63) is 45.1 Å². The summed E-state index contributed by atoms with van der Waals surface area (Å²) in [5.41, 5.74) is 2.18. The fourth-order valence-electron chi connectivity index (χ4n) is 4.30. The molecular formula is C25H32N2O2S2. The summed E-state index contributed by atoms with van der Waals surface area (Å²) in [5.74, 6) is 2.46. The zero-order valence-electron chi connectivity index (χ0n) is 18.8. The quantitative estimate of drug-likeness (QED) is 0.206. The van der Waals surface area contributed by atoms with Crippen molar-refractivity contribution in [1.82, 2.24) is 9.55 Å². The van der Waals surface area contributed by atoms with Crippen LogP contribution in [0.25, 0.3) is 15.9 Å². The molecule has 4 nitrogen and oxygen atoms in total. The number of unbranched alkanes of at least 4 members (excludes halogenated alkanes) is 4. The summed E-state index contributed by atoms with van der Waals surface area (Å²) in [6, 6.07) is 7.74. The molecule has 1 aliphatic rings. The average molecular weight is 457 g/mol. The predicted molar refractivity (Wildman–Crippen MR) is 132 cm³/mol. The number of hydrogen-bond donors (Lipinski definition) is 0. The van der Waals surface area contributed by atoms with Crippen molar-refractivity contribution in [3.8, 4) is 11.4 Å². The van der Waals surface area contributed by atoms with Crippen molar-refractivity contribution in [2.24, 2.45) is 5.92 Å². The Morgan fingerprint density at radius 2 is 1.97 bits per heavy atom. The number of thioether (sulfide) groups is 1. The Labute approximate surface area is 193 Å². The van der Waals surface area contributed by atoms with Crippen molar-refractivity contribution in [2.45, 2.75) is 70.4 Å². The molecule has 2 heterocycles. The van der Waals surface area contributed by atoms with E-state index in [1.165, 1.54) is 36.1 Å². The van der Waals surface area contributed by atoms with Gasteiger partial charge in [0.05, 0.1) is 18.2 Å². The Morgan fingerprint density at radius 3 is 2.71 bits per heavy atom. The van der Waals surface area contributed by atoms with Crippen molar-refractivity contribution in [3.63, 3.8) is 0 Å². The van der Waals surface area contributed by atoms with Gasteiger partial charge in [0.2, 0.25) is 0 Å². The molecule has 3 aromatic rings. The molecule has 0 amide bonds. The number of benzene rings is 1. The molecule has 1 aliphatic carbocycles. The fourth-order valence-corrected chi connectivity index (χ4v) is 6.73. The molecule has 0 radical (unpaired) electrons. The highest BCUT2D eigenvalue weighted by Crippen LogP contribution is 2.37. The molecule has 1 unspecified atom stereocenters. The molecule has 0 aliphatic heterocycles. The summed E-state index contributed by atoms with van der Waals surface area (Å²) < 4.78 is 7.14. The number of aromatic nitrogens is 2. The fraction of sp³-hybridized carbons (Fsp3) is 0.520.